The van der Waals surface area contributed by atoms with Gasteiger partial charge in [0.1, 0.15) is 13.2 Å². The van der Waals surface area contributed by atoms with Gasteiger partial charge in [-0.2, -0.15) is 0 Å². The first kappa shape index (κ1) is 60.8. The van der Waals surface area contributed by atoms with Gasteiger partial charge in [-0.3, -0.25) is 14.4 Å². The van der Waals surface area contributed by atoms with E-state index in [0.29, 0.717) is 19.3 Å². The summed E-state index contributed by atoms with van der Waals surface area (Å²) in [7, 11) is 0. The van der Waals surface area contributed by atoms with E-state index in [1.54, 1.807) is 0 Å². The molecule has 6 nitrogen and oxygen atoms in total. The molecule has 65 heavy (non-hydrogen) atoms. The lowest BCUT2D eigenvalue weighted by Gasteiger charge is -2.18. The lowest BCUT2D eigenvalue weighted by molar-refractivity contribution is -0.166. The molecule has 0 aromatic carbocycles. The largest absolute Gasteiger partial charge is 0.462 e. The Labute approximate surface area is 399 Å². The van der Waals surface area contributed by atoms with Crippen molar-refractivity contribution in [3.63, 3.8) is 0 Å². The maximum atomic E-state index is 12.8. The Bertz CT molecular complexity index is 1400. The minimum Gasteiger partial charge on any atom is -0.462 e. The molecule has 0 N–H and O–H groups in total. The van der Waals surface area contributed by atoms with Gasteiger partial charge in [-0.15, -0.1) is 0 Å². The minimum atomic E-state index is -0.831. The second-order valence-corrected chi connectivity index (χ2v) is 16.7. The fraction of sp³-hybridized carbons (Fsp3) is 0.610. The Balaban J connectivity index is 4.58. The van der Waals surface area contributed by atoms with Gasteiger partial charge < -0.3 is 14.2 Å². The molecule has 0 heterocycles. The van der Waals surface area contributed by atoms with Crippen LogP contribution in [0.2, 0.25) is 0 Å². The number of carbonyl (C=O) groups excluding carboxylic acids is 3. The molecule has 0 spiro atoms. The standard InChI is InChI=1S/C59H94O6/c1-4-7-10-13-16-19-22-25-27-28-29-30-32-34-37-40-43-46-49-52-58(61)64-55-56(54-63-57(60)51-48-45-42-39-36-33-24-21-18-15-12-9-6-3)65-59(62)53-50-47-44-41-38-35-31-26-23-20-17-14-11-8-5-2/h7-8,10-11,16-17,19-20,25-27,29-31,34,37-38,41,43,46,56H,4-6,9,12-15,18,21-24,28,32-33,35-36,39-40,42,44-45,47-55H2,1-3H3/b10-7-,11-8-,19-16-,20-17-,27-25-,30-29-,31-26-,37-34-,41-38-,46-43-. The molecule has 0 radical (unpaired) electrons. The zero-order valence-electron chi connectivity index (χ0n) is 41.7. The predicted octanol–water partition coefficient (Wildman–Crippen LogP) is 17.3. The quantitative estimate of drug-likeness (QED) is 0.0262. The van der Waals surface area contributed by atoms with Gasteiger partial charge in [-0.1, -0.05) is 219 Å². The first-order valence-electron chi connectivity index (χ1n) is 26.0. The monoisotopic (exact) mass is 899 g/mol. The van der Waals surface area contributed by atoms with Crippen molar-refractivity contribution in [1.29, 1.82) is 0 Å². The number of hydrogen-bond donors (Lipinski definition) is 0. The number of carbonyl (C=O) groups is 3. The molecule has 0 bridgehead atoms. The maximum absolute atomic E-state index is 12.8. The number of ether oxygens (including phenoxy) is 3. The second-order valence-electron chi connectivity index (χ2n) is 16.7. The van der Waals surface area contributed by atoms with Crippen molar-refractivity contribution in [2.24, 2.45) is 0 Å². The predicted molar refractivity (Wildman–Crippen MR) is 279 cm³/mol. The molecule has 0 aliphatic carbocycles. The van der Waals surface area contributed by atoms with Crippen LogP contribution in [0.15, 0.2) is 122 Å². The van der Waals surface area contributed by atoms with Gasteiger partial charge in [0.25, 0.3) is 0 Å². The smallest absolute Gasteiger partial charge is 0.306 e. The van der Waals surface area contributed by atoms with Crippen LogP contribution >= 0.6 is 0 Å². The van der Waals surface area contributed by atoms with Crippen molar-refractivity contribution in [3.05, 3.63) is 122 Å². The molecule has 6 heteroatoms. The molecule has 1 unspecified atom stereocenters. The van der Waals surface area contributed by atoms with Gasteiger partial charge in [0.15, 0.2) is 6.10 Å². The van der Waals surface area contributed by atoms with Crippen LogP contribution in [0.5, 0.6) is 0 Å². The molecular weight excluding hydrogens is 805 g/mol. The van der Waals surface area contributed by atoms with Crippen molar-refractivity contribution in [2.45, 2.75) is 219 Å². The molecule has 0 aromatic rings. The van der Waals surface area contributed by atoms with Crippen LogP contribution in [0, 0.1) is 0 Å². The van der Waals surface area contributed by atoms with Crippen molar-refractivity contribution in [3.8, 4) is 0 Å². The van der Waals surface area contributed by atoms with Gasteiger partial charge in [0.05, 0.1) is 0 Å². The molecule has 0 aliphatic rings. The second kappa shape index (κ2) is 52.4. The summed E-state index contributed by atoms with van der Waals surface area (Å²) < 4.78 is 16.7. The van der Waals surface area contributed by atoms with Crippen LogP contribution in [0.25, 0.3) is 0 Å². The van der Waals surface area contributed by atoms with Gasteiger partial charge >= 0.3 is 17.9 Å². The highest BCUT2D eigenvalue weighted by Gasteiger charge is 2.19. The summed E-state index contributed by atoms with van der Waals surface area (Å²) in [4.78, 5) is 38.0. The third kappa shape index (κ3) is 50.7. The highest BCUT2D eigenvalue weighted by molar-refractivity contribution is 5.71. The minimum absolute atomic E-state index is 0.120. The van der Waals surface area contributed by atoms with Crippen molar-refractivity contribution < 1.29 is 28.6 Å². The summed E-state index contributed by atoms with van der Waals surface area (Å²) in [5.74, 6) is -1.06. The fourth-order valence-electron chi connectivity index (χ4n) is 6.63. The first-order valence-corrected chi connectivity index (χ1v) is 26.0. The number of hydrogen-bond acceptors (Lipinski definition) is 6. The third-order valence-corrected chi connectivity index (χ3v) is 10.5. The van der Waals surface area contributed by atoms with Crippen LogP contribution in [-0.4, -0.2) is 37.2 Å². The highest BCUT2D eigenvalue weighted by atomic mass is 16.6. The molecule has 0 amide bonds. The summed E-state index contributed by atoms with van der Waals surface area (Å²) in [5, 5.41) is 0. The van der Waals surface area contributed by atoms with Crippen LogP contribution in [0.4, 0.5) is 0 Å². The van der Waals surface area contributed by atoms with E-state index in [9.17, 15) is 14.4 Å². The molecule has 0 rings (SSSR count). The average Bonchev–Trinajstić information content (AvgIpc) is 3.30. The molecule has 0 fully saturated rings. The Morgan fingerprint density at radius 2 is 0.631 bits per heavy atom. The zero-order chi connectivity index (χ0) is 47.2. The third-order valence-electron chi connectivity index (χ3n) is 10.5. The Hall–Kier alpha value is -4.19. The maximum Gasteiger partial charge on any atom is 0.306 e. The molecule has 0 saturated carbocycles. The molecule has 0 aromatic heterocycles. The van der Waals surface area contributed by atoms with E-state index in [1.165, 1.54) is 64.2 Å². The molecular formula is C59H94O6. The van der Waals surface area contributed by atoms with Crippen molar-refractivity contribution in [2.75, 3.05) is 13.2 Å². The molecule has 0 saturated heterocycles. The zero-order valence-corrected chi connectivity index (χ0v) is 41.7. The number of rotatable bonds is 45. The lowest BCUT2D eigenvalue weighted by Crippen LogP contribution is -2.30. The molecule has 0 aliphatic heterocycles. The number of allylic oxidation sites excluding steroid dienone is 20. The van der Waals surface area contributed by atoms with Crippen LogP contribution < -0.4 is 0 Å². The highest BCUT2D eigenvalue weighted by Crippen LogP contribution is 2.14. The van der Waals surface area contributed by atoms with E-state index < -0.39 is 6.10 Å². The van der Waals surface area contributed by atoms with E-state index in [0.717, 1.165) is 96.3 Å². The number of esters is 3. The lowest BCUT2D eigenvalue weighted by atomic mass is 10.0. The van der Waals surface area contributed by atoms with Gasteiger partial charge in [0, 0.05) is 19.3 Å². The van der Waals surface area contributed by atoms with E-state index >= 15 is 0 Å². The van der Waals surface area contributed by atoms with Crippen LogP contribution in [0.1, 0.15) is 213 Å². The van der Waals surface area contributed by atoms with Crippen LogP contribution in [0.3, 0.4) is 0 Å². The summed E-state index contributed by atoms with van der Waals surface area (Å²) in [6, 6.07) is 0. The Morgan fingerprint density at radius 1 is 0.323 bits per heavy atom. The van der Waals surface area contributed by atoms with Crippen LogP contribution in [-0.2, 0) is 28.6 Å². The Kier molecular flexibility index (Phi) is 49.1. The van der Waals surface area contributed by atoms with E-state index in [-0.39, 0.29) is 44.0 Å². The van der Waals surface area contributed by atoms with E-state index in [4.69, 9.17) is 14.2 Å². The van der Waals surface area contributed by atoms with Gasteiger partial charge in [-0.25, -0.2) is 0 Å². The molecule has 366 valence electrons. The Morgan fingerprint density at radius 3 is 1.03 bits per heavy atom. The molecule has 1 atom stereocenters. The van der Waals surface area contributed by atoms with E-state index in [2.05, 4.69) is 130 Å². The van der Waals surface area contributed by atoms with Gasteiger partial charge in [0.2, 0.25) is 0 Å². The summed E-state index contributed by atoms with van der Waals surface area (Å²) in [6.45, 7) is 6.29. The first-order chi connectivity index (χ1) is 32.0. The summed E-state index contributed by atoms with van der Waals surface area (Å²) in [6.07, 6.45) is 72.0. The van der Waals surface area contributed by atoms with Crippen molar-refractivity contribution >= 4 is 17.9 Å². The average molecular weight is 899 g/mol. The summed E-state index contributed by atoms with van der Waals surface area (Å²) >= 11 is 0. The summed E-state index contributed by atoms with van der Waals surface area (Å²) in [5.41, 5.74) is 0. The van der Waals surface area contributed by atoms with E-state index in [1.807, 2.05) is 12.2 Å². The normalized spacial score (nSPS) is 13.1. The fourth-order valence-corrected chi connectivity index (χ4v) is 6.63. The topological polar surface area (TPSA) is 78.9 Å². The SMILES string of the molecule is CC/C=C\C/C=C\C/C=C\C/C=C\C/C=C\C/C=C\CCC(=O)OCC(COC(=O)CCCCCCCCCCCCCCC)OC(=O)CCCC/C=C\C/C=C\C/C=C\C/C=C\CC. The van der Waals surface area contributed by atoms with Crippen molar-refractivity contribution in [1.82, 2.24) is 0 Å². The number of unbranched alkanes of at least 4 members (excludes halogenated alkanes) is 14. The van der Waals surface area contributed by atoms with Gasteiger partial charge in [-0.05, 0) is 96.3 Å².